The van der Waals surface area contributed by atoms with Crippen LogP contribution in [0.4, 0.5) is 11.4 Å². The Bertz CT molecular complexity index is 1160. The first-order valence-corrected chi connectivity index (χ1v) is 12.1. The number of carbonyl (C=O) groups is 1. The van der Waals surface area contributed by atoms with Crippen LogP contribution in [0.2, 0.25) is 0 Å². The van der Waals surface area contributed by atoms with Crippen molar-refractivity contribution in [2.75, 3.05) is 15.0 Å². The molecule has 1 aliphatic heterocycles. The highest BCUT2D eigenvalue weighted by molar-refractivity contribution is 7.92. The molecular formula is C25H26N2O3S. The fourth-order valence-electron chi connectivity index (χ4n) is 4.28. The third-order valence-corrected chi connectivity index (χ3v) is 7.55. The fraction of sp³-hybridized carbons (Fsp3) is 0.240. The van der Waals surface area contributed by atoms with Gasteiger partial charge in [0.25, 0.3) is 5.91 Å². The van der Waals surface area contributed by atoms with Gasteiger partial charge in [-0.15, -0.1) is 0 Å². The molecule has 160 valence electrons. The standard InChI is InChI=1S/C25H26N2O3S/c1-3-31(29,30)27(21-14-8-5-9-15-21)24-18-19(2)26(23-17-11-10-16-22(23)24)25(28)20-12-6-4-7-13-20/h4-17,19,24H,3,18H2,1-2H3. The number of para-hydroxylation sites is 2. The van der Waals surface area contributed by atoms with Crippen LogP contribution in [0.15, 0.2) is 84.9 Å². The van der Waals surface area contributed by atoms with Gasteiger partial charge in [0.15, 0.2) is 0 Å². The molecule has 1 heterocycles. The van der Waals surface area contributed by atoms with Crippen LogP contribution in [-0.4, -0.2) is 26.1 Å². The first-order chi connectivity index (χ1) is 14.9. The zero-order valence-electron chi connectivity index (χ0n) is 17.7. The van der Waals surface area contributed by atoms with E-state index in [1.165, 1.54) is 4.31 Å². The van der Waals surface area contributed by atoms with Crippen LogP contribution in [0.3, 0.4) is 0 Å². The molecule has 2 atom stereocenters. The van der Waals surface area contributed by atoms with Crippen molar-refractivity contribution in [3.63, 3.8) is 0 Å². The Hall–Kier alpha value is -3.12. The van der Waals surface area contributed by atoms with Crippen LogP contribution in [0, 0.1) is 0 Å². The summed E-state index contributed by atoms with van der Waals surface area (Å²) in [4.78, 5) is 15.2. The summed E-state index contributed by atoms with van der Waals surface area (Å²) in [6, 6.07) is 25.5. The second-order valence-electron chi connectivity index (χ2n) is 7.73. The number of amides is 1. The van der Waals surface area contributed by atoms with Gasteiger partial charge in [-0.2, -0.15) is 0 Å². The zero-order chi connectivity index (χ0) is 22.0. The van der Waals surface area contributed by atoms with Crippen molar-refractivity contribution in [3.05, 3.63) is 96.1 Å². The molecule has 2 unspecified atom stereocenters. The molecule has 3 aromatic carbocycles. The van der Waals surface area contributed by atoms with E-state index < -0.39 is 16.1 Å². The summed E-state index contributed by atoms with van der Waals surface area (Å²) in [5, 5.41) is 0. The lowest BCUT2D eigenvalue weighted by Crippen LogP contribution is -2.48. The summed E-state index contributed by atoms with van der Waals surface area (Å²) in [6.45, 7) is 3.64. The van der Waals surface area contributed by atoms with E-state index in [2.05, 4.69) is 0 Å². The van der Waals surface area contributed by atoms with Crippen molar-refractivity contribution in [2.24, 2.45) is 0 Å². The average Bonchev–Trinajstić information content (AvgIpc) is 2.80. The largest absolute Gasteiger partial charge is 0.305 e. The van der Waals surface area contributed by atoms with Crippen LogP contribution >= 0.6 is 0 Å². The molecule has 0 fully saturated rings. The number of hydrogen-bond donors (Lipinski definition) is 0. The molecule has 3 aromatic rings. The van der Waals surface area contributed by atoms with Crippen molar-refractivity contribution in [1.82, 2.24) is 0 Å². The molecule has 0 bridgehead atoms. The summed E-state index contributed by atoms with van der Waals surface area (Å²) in [6.07, 6.45) is 0.504. The molecule has 4 rings (SSSR count). The maximum absolute atomic E-state index is 13.4. The lowest BCUT2D eigenvalue weighted by Gasteiger charge is -2.43. The normalized spacial score (nSPS) is 18.3. The summed E-state index contributed by atoms with van der Waals surface area (Å²) < 4.78 is 27.9. The van der Waals surface area contributed by atoms with Crippen LogP contribution in [0.5, 0.6) is 0 Å². The predicted molar refractivity (Wildman–Crippen MR) is 125 cm³/mol. The minimum atomic E-state index is -3.54. The van der Waals surface area contributed by atoms with E-state index in [9.17, 15) is 13.2 Å². The molecule has 0 spiro atoms. The van der Waals surface area contributed by atoms with Crippen molar-refractivity contribution in [2.45, 2.75) is 32.4 Å². The van der Waals surface area contributed by atoms with Crippen LogP contribution in [0.1, 0.15) is 42.2 Å². The first-order valence-electron chi connectivity index (χ1n) is 10.5. The van der Waals surface area contributed by atoms with Gasteiger partial charge in [-0.3, -0.25) is 9.10 Å². The summed E-state index contributed by atoms with van der Waals surface area (Å²) in [7, 11) is -3.54. The van der Waals surface area contributed by atoms with E-state index in [1.54, 1.807) is 11.8 Å². The monoisotopic (exact) mass is 434 g/mol. The summed E-state index contributed by atoms with van der Waals surface area (Å²) in [5.74, 6) is -0.0784. The van der Waals surface area contributed by atoms with Gasteiger partial charge in [-0.05, 0) is 56.2 Å². The summed E-state index contributed by atoms with van der Waals surface area (Å²) >= 11 is 0. The number of rotatable bonds is 5. The van der Waals surface area contributed by atoms with Gasteiger partial charge in [0.1, 0.15) is 0 Å². The number of nitrogens with zero attached hydrogens (tertiary/aromatic N) is 2. The Labute approximate surface area is 184 Å². The lowest BCUT2D eigenvalue weighted by molar-refractivity contribution is 0.0974. The third kappa shape index (κ3) is 3.95. The van der Waals surface area contributed by atoms with Crippen molar-refractivity contribution >= 4 is 27.3 Å². The average molecular weight is 435 g/mol. The van der Waals surface area contributed by atoms with Crippen LogP contribution < -0.4 is 9.21 Å². The fourth-order valence-corrected chi connectivity index (χ4v) is 5.59. The molecule has 0 N–H and O–H groups in total. The van der Waals surface area contributed by atoms with E-state index in [0.717, 1.165) is 11.3 Å². The molecule has 0 aromatic heterocycles. The molecule has 1 amide bonds. The maximum atomic E-state index is 13.4. The van der Waals surface area contributed by atoms with E-state index in [1.807, 2.05) is 91.9 Å². The van der Waals surface area contributed by atoms with E-state index in [4.69, 9.17) is 0 Å². The lowest BCUT2D eigenvalue weighted by atomic mass is 9.90. The number of sulfonamides is 1. The SMILES string of the molecule is CCS(=O)(=O)N(c1ccccc1)C1CC(C)N(C(=O)c2ccccc2)c2ccccc21. The molecule has 1 aliphatic rings. The van der Waals surface area contributed by atoms with Crippen LogP contribution in [0.25, 0.3) is 0 Å². The second-order valence-corrected chi connectivity index (χ2v) is 9.87. The molecule has 0 aliphatic carbocycles. The molecule has 0 saturated heterocycles. The molecule has 6 heteroatoms. The molecule has 0 radical (unpaired) electrons. The van der Waals surface area contributed by atoms with Gasteiger partial charge in [0.05, 0.1) is 17.5 Å². The van der Waals surface area contributed by atoms with Gasteiger partial charge in [0, 0.05) is 17.3 Å². The first kappa shape index (κ1) is 21.1. The summed E-state index contributed by atoms with van der Waals surface area (Å²) in [5.41, 5.74) is 2.85. The van der Waals surface area contributed by atoms with Gasteiger partial charge in [-0.1, -0.05) is 54.6 Å². The van der Waals surface area contributed by atoms with Crippen LogP contribution in [-0.2, 0) is 10.0 Å². The van der Waals surface area contributed by atoms with Gasteiger partial charge < -0.3 is 4.90 Å². The third-order valence-electron chi connectivity index (χ3n) is 5.76. The maximum Gasteiger partial charge on any atom is 0.258 e. The highest BCUT2D eigenvalue weighted by atomic mass is 32.2. The molecule has 5 nitrogen and oxygen atoms in total. The second kappa shape index (κ2) is 8.55. The number of fused-ring (bicyclic) bond motifs is 1. The van der Waals surface area contributed by atoms with E-state index in [-0.39, 0.29) is 17.7 Å². The topological polar surface area (TPSA) is 57.7 Å². The number of hydrogen-bond acceptors (Lipinski definition) is 3. The molecule has 31 heavy (non-hydrogen) atoms. The highest BCUT2D eigenvalue weighted by Gasteiger charge is 2.40. The number of anilines is 2. The van der Waals surface area contributed by atoms with E-state index in [0.29, 0.717) is 17.7 Å². The van der Waals surface area contributed by atoms with Crippen molar-refractivity contribution < 1.29 is 13.2 Å². The molecular weight excluding hydrogens is 408 g/mol. The van der Waals surface area contributed by atoms with Crippen molar-refractivity contribution in [1.29, 1.82) is 0 Å². The Kier molecular flexibility index (Phi) is 5.83. The molecule has 0 saturated carbocycles. The van der Waals surface area contributed by atoms with E-state index >= 15 is 0 Å². The van der Waals surface area contributed by atoms with Crippen molar-refractivity contribution in [3.8, 4) is 0 Å². The number of benzene rings is 3. The Morgan fingerprint density at radius 2 is 1.52 bits per heavy atom. The minimum Gasteiger partial charge on any atom is -0.305 e. The Morgan fingerprint density at radius 3 is 2.16 bits per heavy atom. The predicted octanol–water partition coefficient (Wildman–Crippen LogP) is 5.02. The Balaban J connectivity index is 1.84. The Morgan fingerprint density at radius 1 is 0.935 bits per heavy atom. The van der Waals surface area contributed by atoms with Gasteiger partial charge >= 0.3 is 0 Å². The highest BCUT2D eigenvalue weighted by Crippen LogP contribution is 2.43. The minimum absolute atomic E-state index is 0.00159. The van der Waals surface area contributed by atoms with Gasteiger partial charge in [-0.25, -0.2) is 8.42 Å². The number of carbonyl (C=O) groups excluding carboxylic acids is 1. The quantitative estimate of drug-likeness (QED) is 0.566. The smallest absolute Gasteiger partial charge is 0.258 e. The van der Waals surface area contributed by atoms with Gasteiger partial charge in [0.2, 0.25) is 10.0 Å². The zero-order valence-corrected chi connectivity index (χ0v) is 18.5.